The van der Waals surface area contributed by atoms with Gasteiger partial charge in [0.1, 0.15) is 30.5 Å². The third kappa shape index (κ3) is 3.15. The molecule has 1 fully saturated rings. The van der Waals surface area contributed by atoms with Crippen molar-refractivity contribution in [2.24, 2.45) is 0 Å². The van der Waals surface area contributed by atoms with Gasteiger partial charge in [-0.25, -0.2) is 4.79 Å². The highest BCUT2D eigenvalue weighted by Crippen LogP contribution is 2.26. The maximum atomic E-state index is 11.7. The first-order chi connectivity index (χ1) is 10.7. The molecule has 1 aromatic heterocycles. The number of rotatable bonds is 5. The Morgan fingerprint density at radius 3 is 2.91 bits per heavy atom. The Bertz CT molecular complexity index is 716. The summed E-state index contributed by atoms with van der Waals surface area (Å²) in [4.78, 5) is 11.7. The number of phenols is 1. The molecular formula is C17H22NO4+. The van der Waals surface area contributed by atoms with E-state index in [1.165, 1.54) is 0 Å². The minimum Gasteiger partial charge on any atom is -0.508 e. The van der Waals surface area contributed by atoms with Crippen molar-refractivity contribution in [1.82, 2.24) is 0 Å². The van der Waals surface area contributed by atoms with Crippen LogP contribution in [-0.4, -0.2) is 24.4 Å². The van der Waals surface area contributed by atoms with Crippen molar-refractivity contribution in [1.29, 1.82) is 0 Å². The zero-order chi connectivity index (χ0) is 15.5. The Morgan fingerprint density at radius 1 is 1.32 bits per heavy atom. The fourth-order valence-electron chi connectivity index (χ4n) is 3.01. The highest BCUT2D eigenvalue weighted by atomic mass is 16.5. The molecule has 0 aliphatic carbocycles. The van der Waals surface area contributed by atoms with Crippen molar-refractivity contribution in [2.75, 3.05) is 13.2 Å². The van der Waals surface area contributed by atoms with Crippen LogP contribution in [0.5, 0.6) is 5.75 Å². The van der Waals surface area contributed by atoms with E-state index in [2.05, 4.69) is 5.32 Å². The molecule has 0 saturated carbocycles. The van der Waals surface area contributed by atoms with Crippen LogP contribution in [0.25, 0.3) is 11.0 Å². The van der Waals surface area contributed by atoms with E-state index in [0.29, 0.717) is 18.2 Å². The van der Waals surface area contributed by atoms with Gasteiger partial charge in [0.2, 0.25) is 0 Å². The minimum absolute atomic E-state index is 0.179. The number of hydrogen-bond acceptors (Lipinski definition) is 4. The minimum atomic E-state index is -0.378. The van der Waals surface area contributed by atoms with E-state index in [4.69, 9.17) is 9.15 Å². The highest BCUT2D eigenvalue weighted by molar-refractivity contribution is 5.82. The predicted octanol–water partition coefficient (Wildman–Crippen LogP) is 1.30. The van der Waals surface area contributed by atoms with Crippen molar-refractivity contribution in [2.45, 2.75) is 38.8 Å². The summed E-state index contributed by atoms with van der Waals surface area (Å²) in [6.07, 6.45) is 3.30. The van der Waals surface area contributed by atoms with Crippen LogP contribution in [0, 0.1) is 0 Å². The zero-order valence-electron chi connectivity index (χ0n) is 12.8. The number of phenolic OH excluding ortho intramolecular Hbond substituents is 1. The second-order valence-electron chi connectivity index (χ2n) is 5.78. The van der Waals surface area contributed by atoms with Crippen LogP contribution in [0.4, 0.5) is 0 Å². The molecule has 2 heterocycles. The van der Waals surface area contributed by atoms with Gasteiger partial charge in [-0.3, -0.25) is 0 Å². The molecule has 5 heteroatoms. The standard InChI is InChI=1S/C17H21NO4/c1-2-11-6-14-12(9-18-10-13-4-3-5-21-13)7-17(20)22-16(14)8-15(11)19/h6-8,13,18-19H,2-5,9-10H2,1H3/p+1/t13-/m0/s1. The lowest BCUT2D eigenvalue weighted by Crippen LogP contribution is -2.84. The van der Waals surface area contributed by atoms with Gasteiger partial charge in [-0.1, -0.05) is 6.92 Å². The quantitative estimate of drug-likeness (QED) is 0.817. The van der Waals surface area contributed by atoms with Crippen LogP contribution in [0.3, 0.4) is 0 Å². The Balaban J connectivity index is 1.85. The van der Waals surface area contributed by atoms with Gasteiger partial charge in [-0.15, -0.1) is 0 Å². The first kappa shape index (κ1) is 15.1. The molecule has 1 saturated heterocycles. The number of hydrogen-bond donors (Lipinski definition) is 2. The van der Waals surface area contributed by atoms with Gasteiger partial charge in [0.05, 0.1) is 0 Å². The summed E-state index contributed by atoms with van der Waals surface area (Å²) < 4.78 is 10.8. The van der Waals surface area contributed by atoms with Gasteiger partial charge in [-0.2, -0.15) is 0 Å². The van der Waals surface area contributed by atoms with E-state index in [-0.39, 0.29) is 11.4 Å². The molecule has 2 aromatic rings. The third-order valence-corrected chi connectivity index (χ3v) is 4.23. The van der Waals surface area contributed by atoms with Crippen molar-refractivity contribution in [3.63, 3.8) is 0 Å². The number of nitrogens with two attached hydrogens (primary N) is 1. The summed E-state index contributed by atoms with van der Waals surface area (Å²) in [7, 11) is 0. The van der Waals surface area contributed by atoms with E-state index < -0.39 is 0 Å². The monoisotopic (exact) mass is 304 g/mol. The molecule has 1 aliphatic heterocycles. The van der Waals surface area contributed by atoms with E-state index >= 15 is 0 Å². The molecule has 5 nitrogen and oxygen atoms in total. The predicted molar refractivity (Wildman–Crippen MR) is 83.0 cm³/mol. The van der Waals surface area contributed by atoms with E-state index in [0.717, 1.165) is 48.9 Å². The fraction of sp³-hybridized carbons (Fsp3) is 0.471. The lowest BCUT2D eigenvalue weighted by Gasteiger charge is -2.10. The molecule has 0 spiro atoms. The highest BCUT2D eigenvalue weighted by Gasteiger charge is 2.17. The fourth-order valence-corrected chi connectivity index (χ4v) is 3.01. The molecule has 0 unspecified atom stereocenters. The van der Waals surface area contributed by atoms with Gasteiger partial charge in [0.15, 0.2) is 0 Å². The molecule has 1 aliphatic rings. The maximum absolute atomic E-state index is 11.7. The molecule has 3 rings (SSSR count). The summed E-state index contributed by atoms with van der Waals surface area (Å²) in [5.41, 5.74) is 1.88. The van der Waals surface area contributed by atoms with Crippen molar-refractivity contribution in [3.05, 3.63) is 39.7 Å². The van der Waals surface area contributed by atoms with Gasteiger partial charge in [0.25, 0.3) is 0 Å². The first-order valence-electron chi connectivity index (χ1n) is 7.89. The summed E-state index contributed by atoms with van der Waals surface area (Å²) >= 11 is 0. The molecule has 22 heavy (non-hydrogen) atoms. The normalized spacial score (nSPS) is 18.1. The SMILES string of the molecule is CCc1cc2c(C[NH2+]C[C@@H]3CCCO3)cc(=O)oc2cc1O. The van der Waals surface area contributed by atoms with Crippen LogP contribution < -0.4 is 10.9 Å². The van der Waals surface area contributed by atoms with Crippen LogP contribution >= 0.6 is 0 Å². The summed E-state index contributed by atoms with van der Waals surface area (Å²) in [5, 5.41) is 13.0. The van der Waals surface area contributed by atoms with E-state index in [1.54, 1.807) is 12.1 Å². The van der Waals surface area contributed by atoms with Crippen molar-refractivity contribution < 1.29 is 19.6 Å². The largest absolute Gasteiger partial charge is 0.508 e. The molecular weight excluding hydrogens is 282 g/mol. The van der Waals surface area contributed by atoms with Crippen LogP contribution in [0.2, 0.25) is 0 Å². The smallest absolute Gasteiger partial charge is 0.336 e. The van der Waals surface area contributed by atoms with Gasteiger partial charge >= 0.3 is 5.63 Å². The number of quaternary nitrogens is 1. The average Bonchev–Trinajstić information content (AvgIpc) is 2.99. The molecule has 1 atom stereocenters. The van der Waals surface area contributed by atoms with Gasteiger partial charge < -0.3 is 19.6 Å². The van der Waals surface area contributed by atoms with Gasteiger partial charge in [0, 0.05) is 29.7 Å². The Kier molecular flexibility index (Phi) is 4.45. The molecule has 0 amide bonds. The van der Waals surface area contributed by atoms with Crippen LogP contribution in [0.15, 0.2) is 27.4 Å². The molecule has 0 bridgehead atoms. The lowest BCUT2D eigenvalue weighted by atomic mass is 10.0. The topological polar surface area (TPSA) is 76.3 Å². The van der Waals surface area contributed by atoms with Crippen molar-refractivity contribution in [3.8, 4) is 5.75 Å². The molecule has 118 valence electrons. The Hall–Kier alpha value is -1.85. The van der Waals surface area contributed by atoms with Crippen LogP contribution in [-0.2, 0) is 17.7 Å². The Labute approximate surface area is 128 Å². The maximum Gasteiger partial charge on any atom is 0.336 e. The Morgan fingerprint density at radius 2 is 2.18 bits per heavy atom. The molecule has 1 aromatic carbocycles. The van der Waals surface area contributed by atoms with Crippen LogP contribution in [0.1, 0.15) is 30.9 Å². The summed E-state index contributed by atoms with van der Waals surface area (Å²) in [6.45, 7) is 4.45. The molecule has 3 N–H and O–H groups in total. The number of ether oxygens (including phenoxy) is 1. The third-order valence-electron chi connectivity index (χ3n) is 4.23. The number of benzene rings is 1. The zero-order valence-corrected chi connectivity index (χ0v) is 12.8. The second-order valence-corrected chi connectivity index (χ2v) is 5.78. The first-order valence-corrected chi connectivity index (χ1v) is 7.89. The number of aromatic hydroxyl groups is 1. The van der Waals surface area contributed by atoms with E-state index in [9.17, 15) is 9.90 Å². The second kappa shape index (κ2) is 6.50. The van der Waals surface area contributed by atoms with Gasteiger partial charge in [-0.05, 0) is 30.9 Å². The van der Waals surface area contributed by atoms with E-state index in [1.807, 2.05) is 13.0 Å². The van der Waals surface area contributed by atoms with Crippen molar-refractivity contribution >= 4 is 11.0 Å². The number of fused-ring (bicyclic) bond motifs is 1. The summed E-state index contributed by atoms with van der Waals surface area (Å²) in [5.74, 6) is 0.179. The summed E-state index contributed by atoms with van der Waals surface area (Å²) in [6, 6.07) is 5.01. The number of aryl methyl sites for hydroxylation is 1. The average molecular weight is 304 g/mol. The molecule has 0 radical (unpaired) electrons. The lowest BCUT2D eigenvalue weighted by molar-refractivity contribution is -0.676.